The van der Waals surface area contributed by atoms with Crippen molar-refractivity contribution in [3.63, 3.8) is 0 Å². The second-order valence-corrected chi connectivity index (χ2v) is 4.60. The van der Waals surface area contributed by atoms with Crippen LogP contribution in [0.2, 0.25) is 0 Å². The maximum Gasteiger partial charge on any atom is 0.203 e. The van der Waals surface area contributed by atoms with Crippen LogP contribution in [-0.2, 0) is 7.05 Å². The Kier molecular flexibility index (Phi) is 3.62. The molecule has 0 aliphatic rings. The molecular weight excluding hydrogens is 296 g/mol. The summed E-state index contributed by atoms with van der Waals surface area (Å²) in [4.78, 5) is 11.9. The molecule has 0 saturated heterocycles. The van der Waals surface area contributed by atoms with Gasteiger partial charge in [0.15, 0.2) is 0 Å². The minimum Gasteiger partial charge on any atom is -0.508 e. The second kappa shape index (κ2) is 5.18. The Balaban J connectivity index is 2.24. The van der Waals surface area contributed by atoms with E-state index in [4.69, 9.17) is 0 Å². The van der Waals surface area contributed by atoms with Crippen molar-refractivity contribution in [2.75, 3.05) is 0 Å². The number of rotatable bonds is 3. The molecular formula is C13H11BrN2O2. The lowest BCUT2D eigenvalue weighted by molar-refractivity contribution is 0.103. The number of aryl methyl sites for hydroxylation is 1. The summed E-state index contributed by atoms with van der Waals surface area (Å²) in [5.74, 6) is 0.0241. The van der Waals surface area contributed by atoms with Crippen molar-refractivity contribution in [1.29, 1.82) is 0 Å². The lowest BCUT2D eigenvalue weighted by Crippen LogP contribution is -2.03. The molecule has 2 rings (SSSR count). The quantitative estimate of drug-likeness (QED) is 0.701. The first-order chi connectivity index (χ1) is 8.58. The molecule has 1 aromatic heterocycles. The molecule has 4 nitrogen and oxygen atoms in total. The minimum atomic E-state index is -0.134. The van der Waals surface area contributed by atoms with Crippen LogP contribution >= 0.6 is 15.9 Å². The summed E-state index contributed by atoms with van der Waals surface area (Å²) in [5.41, 5.74) is 1.26. The Morgan fingerprint density at radius 3 is 2.89 bits per heavy atom. The predicted molar refractivity (Wildman–Crippen MR) is 72.4 cm³/mol. The zero-order valence-electron chi connectivity index (χ0n) is 9.67. The number of phenolic OH excluding ortho intramolecular Hbond substituents is 1. The molecule has 92 valence electrons. The zero-order valence-corrected chi connectivity index (χ0v) is 11.3. The Morgan fingerprint density at radius 2 is 2.22 bits per heavy atom. The minimum absolute atomic E-state index is 0.134. The van der Waals surface area contributed by atoms with Crippen LogP contribution in [0.5, 0.6) is 5.75 Å². The van der Waals surface area contributed by atoms with Gasteiger partial charge in [-0.3, -0.25) is 9.48 Å². The maximum atomic E-state index is 11.9. The van der Waals surface area contributed by atoms with Crippen LogP contribution in [0.25, 0.3) is 6.08 Å². The number of allylic oxidation sites excluding steroid dienone is 1. The van der Waals surface area contributed by atoms with Crippen molar-refractivity contribution >= 4 is 27.8 Å². The van der Waals surface area contributed by atoms with Gasteiger partial charge in [0.05, 0.1) is 0 Å². The fourth-order valence-corrected chi connectivity index (χ4v) is 1.90. The van der Waals surface area contributed by atoms with Gasteiger partial charge in [-0.1, -0.05) is 15.9 Å². The molecule has 5 heteroatoms. The third-order valence-corrected chi connectivity index (χ3v) is 3.19. The van der Waals surface area contributed by atoms with Crippen molar-refractivity contribution in [3.05, 3.63) is 52.3 Å². The SMILES string of the molecule is Cn1nccc1C(=O)/C=C\c1cc(O)ccc1Br. The van der Waals surface area contributed by atoms with E-state index in [1.165, 1.54) is 10.8 Å². The zero-order chi connectivity index (χ0) is 13.1. The van der Waals surface area contributed by atoms with E-state index < -0.39 is 0 Å². The van der Waals surface area contributed by atoms with Crippen LogP contribution in [-0.4, -0.2) is 20.7 Å². The van der Waals surface area contributed by atoms with E-state index in [9.17, 15) is 9.90 Å². The number of benzene rings is 1. The standard InChI is InChI=1S/C13H11BrN2O2/c1-16-12(6-7-15-16)13(18)5-2-9-8-10(17)3-4-11(9)14/h2-8,17H,1H3/b5-2-. The Labute approximate surface area is 113 Å². The number of carbonyl (C=O) groups excluding carboxylic acids is 1. The van der Waals surface area contributed by atoms with Gasteiger partial charge in [-0.15, -0.1) is 0 Å². The lowest BCUT2D eigenvalue weighted by atomic mass is 10.1. The first kappa shape index (κ1) is 12.6. The number of hydrogen-bond acceptors (Lipinski definition) is 3. The monoisotopic (exact) mass is 306 g/mol. The fourth-order valence-electron chi connectivity index (χ4n) is 1.53. The number of aromatic nitrogens is 2. The van der Waals surface area contributed by atoms with Crippen LogP contribution < -0.4 is 0 Å². The van der Waals surface area contributed by atoms with Gasteiger partial charge in [0.2, 0.25) is 5.78 Å². The molecule has 0 saturated carbocycles. The molecule has 0 spiro atoms. The Hall–Kier alpha value is -1.88. The lowest BCUT2D eigenvalue weighted by Gasteiger charge is -1.99. The van der Waals surface area contributed by atoms with Gasteiger partial charge in [-0.05, 0) is 42.0 Å². The summed E-state index contributed by atoms with van der Waals surface area (Å²) in [6.07, 6.45) is 4.68. The third-order valence-electron chi connectivity index (χ3n) is 2.47. The number of halogens is 1. The number of nitrogens with zero attached hydrogens (tertiary/aromatic N) is 2. The second-order valence-electron chi connectivity index (χ2n) is 3.74. The van der Waals surface area contributed by atoms with E-state index in [1.807, 2.05) is 0 Å². The van der Waals surface area contributed by atoms with Gasteiger partial charge >= 0.3 is 0 Å². The summed E-state index contributed by atoms with van der Waals surface area (Å²) in [7, 11) is 1.71. The molecule has 1 N–H and O–H groups in total. The van der Waals surface area contributed by atoms with Crippen molar-refractivity contribution < 1.29 is 9.90 Å². The summed E-state index contributed by atoms with van der Waals surface area (Å²) < 4.78 is 2.33. The first-order valence-electron chi connectivity index (χ1n) is 5.27. The number of aromatic hydroxyl groups is 1. The number of hydrogen-bond donors (Lipinski definition) is 1. The number of carbonyl (C=O) groups is 1. The highest BCUT2D eigenvalue weighted by atomic mass is 79.9. The highest BCUT2D eigenvalue weighted by molar-refractivity contribution is 9.10. The van der Waals surface area contributed by atoms with Gasteiger partial charge in [0.1, 0.15) is 11.4 Å². The highest BCUT2D eigenvalue weighted by Gasteiger charge is 2.06. The predicted octanol–water partition coefficient (Wildman–Crippen LogP) is 2.78. The molecule has 0 aliphatic carbocycles. The fraction of sp³-hybridized carbons (Fsp3) is 0.0769. The smallest absolute Gasteiger partial charge is 0.203 e. The molecule has 0 radical (unpaired) electrons. The van der Waals surface area contributed by atoms with Gasteiger partial charge < -0.3 is 5.11 Å². The van der Waals surface area contributed by atoms with Crippen LogP contribution in [0.1, 0.15) is 16.1 Å². The molecule has 18 heavy (non-hydrogen) atoms. The number of ketones is 1. The molecule has 2 aromatic rings. The van der Waals surface area contributed by atoms with Gasteiger partial charge in [0, 0.05) is 17.7 Å². The largest absolute Gasteiger partial charge is 0.508 e. The first-order valence-corrected chi connectivity index (χ1v) is 6.06. The van der Waals surface area contributed by atoms with E-state index in [0.29, 0.717) is 5.69 Å². The van der Waals surface area contributed by atoms with E-state index in [1.54, 1.807) is 43.6 Å². The van der Waals surface area contributed by atoms with Crippen LogP contribution in [0.3, 0.4) is 0 Å². The van der Waals surface area contributed by atoms with E-state index >= 15 is 0 Å². The molecule has 0 unspecified atom stereocenters. The van der Waals surface area contributed by atoms with Crippen molar-refractivity contribution in [2.45, 2.75) is 0 Å². The molecule has 0 amide bonds. The van der Waals surface area contributed by atoms with E-state index in [-0.39, 0.29) is 11.5 Å². The summed E-state index contributed by atoms with van der Waals surface area (Å²) >= 11 is 3.35. The Morgan fingerprint density at radius 1 is 1.44 bits per heavy atom. The van der Waals surface area contributed by atoms with Crippen LogP contribution in [0.4, 0.5) is 0 Å². The Bertz CT molecular complexity index is 617. The van der Waals surface area contributed by atoms with Crippen molar-refractivity contribution in [3.8, 4) is 5.75 Å². The molecule has 0 aliphatic heterocycles. The van der Waals surface area contributed by atoms with Crippen molar-refractivity contribution in [2.24, 2.45) is 7.05 Å². The van der Waals surface area contributed by atoms with Gasteiger partial charge in [-0.2, -0.15) is 5.10 Å². The van der Waals surface area contributed by atoms with E-state index in [0.717, 1.165) is 10.0 Å². The summed E-state index contributed by atoms with van der Waals surface area (Å²) in [6.45, 7) is 0. The highest BCUT2D eigenvalue weighted by Crippen LogP contribution is 2.23. The van der Waals surface area contributed by atoms with E-state index in [2.05, 4.69) is 21.0 Å². The normalized spacial score (nSPS) is 11.0. The molecule has 0 fully saturated rings. The summed E-state index contributed by atoms with van der Waals surface area (Å²) in [6, 6.07) is 6.54. The van der Waals surface area contributed by atoms with Gasteiger partial charge in [-0.25, -0.2) is 0 Å². The molecule has 0 bridgehead atoms. The molecule has 0 atom stereocenters. The third kappa shape index (κ3) is 2.68. The van der Waals surface area contributed by atoms with Crippen LogP contribution in [0, 0.1) is 0 Å². The van der Waals surface area contributed by atoms with Crippen LogP contribution in [0.15, 0.2) is 41.0 Å². The maximum absolute atomic E-state index is 11.9. The van der Waals surface area contributed by atoms with Crippen molar-refractivity contribution in [1.82, 2.24) is 9.78 Å². The average molecular weight is 307 g/mol. The topological polar surface area (TPSA) is 55.1 Å². The summed E-state index contributed by atoms with van der Waals surface area (Å²) in [5, 5.41) is 13.3. The number of phenols is 1. The molecule has 1 heterocycles. The molecule has 1 aromatic carbocycles. The van der Waals surface area contributed by atoms with Gasteiger partial charge in [0.25, 0.3) is 0 Å². The average Bonchev–Trinajstić information content (AvgIpc) is 2.76.